The molecule has 0 aliphatic carbocycles. The number of hydrogen-bond acceptors (Lipinski definition) is 5. The van der Waals surface area contributed by atoms with Gasteiger partial charge >= 0.3 is 5.97 Å². The molecule has 112 valence electrons. The monoisotopic (exact) mass is 291 g/mol. The van der Waals surface area contributed by atoms with Gasteiger partial charge in [-0.1, -0.05) is 6.07 Å². The Balaban J connectivity index is 1.91. The van der Waals surface area contributed by atoms with Crippen molar-refractivity contribution in [1.29, 1.82) is 0 Å². The van der Waals surface area contributed by atoms with Crippen LogP contribution >= 0.6 is 0 Å². The molecule has 0 bridgehead atoms. The molecule has 0 radical (unpaired) electrons. The fraction of sp³-hybridized carbons (Fsp3) is 0.333. The molecule has 0 saturated carbocycles. The lowest BCUT2D eigenvalue weighted by Gasteiger charge is -2.10. The van der Waals surface area contributed by atoms with Gasteiger partial charge in [-0.2, -0.15) is 0 Å². The van der Waals surface area contributed by atoms with Crippen LogP contribution in [-0.2, 0) is 14.3 Å². The first-order chi connectivity index (χ1) is 10.1. The van der Waals surface area contributed by atoms with Crippen molar-refractivity contribution < 1.29 is 23.8 Å². The molecule has 1 aliphatic heterocycles. The van der Waals surface area contributed by atoms with Crippen LogP contribution in [0.3, 0.4) is 0 Å². The van der Waals surface area contributed by atoms with E-state index in [9.17, 15) is 9.59 Å². The summed E-state index contributed by atoms with van der Waals surface area (Å²) in [5, 5.41) is 2.58. The van der Waals surface area contributed by atoms with Crippen LogP contribution in [0.4, 0.5) is 0 Å². The Morgan fingerprint density at radius 3 is 2.90 bits per heavy atom. The lowest BCUT2D eigenvalue weighted by Crippen LogP contribution is -2.35. The highest BCUT2D eigenvalue weighted by Gasteiger charge is 2.15. The summed E-state index contributed by atoms with van der Waals surface area (Å²) >= 11 is 0. The van der Waals surface area contributed by atoms with Crippen LogP contribution in [0.15, 0.2) is 24.3 Å². The molecule has 1 aliphatic rings. The van der Waals surface area contributed by atoms with Gasteiger partial charge in [0.05, 0.1) is 0 Å². The molecule has 0 saturated heterocycles. The third kappa shape index (κ3) is 3.98. The maximum Gasteiger partial charge on any atom is 0.331 e. The Hall–Kier alpha value is -2.50. The molecule has 1 amide bonds. The van der Waals surface area contributed by atoms with Crippen LogP contribution in [0, 0.1) is 0 Å². The number of carbonyl (C=O) groups is 2. The van der Waals surface area contributed by atoms with Gasteiger partial charge in [0.25, 0.3) is 5.91 Å². The first-order valence-corrected chi connectivity index (χ1v) is 6.66. The van der Waals surface area contributed by atoms with E-state index in [1.807, 2.05) is 0 Å². The van der Waals surface area contributed by atoms with Crippen molar-refractivity contribution in [2.45, 2.75) is 20.0 Å². The maximum absolute atomic E-state index is 11.6. The van der Waals surface area contributed by atoms with Crippen LogP contribution in [0.1, 0.15) is 19.4 Å². The Kier molecular flexibility index (Phi) is 4.81. The normalized spacial score (nSPS) is 14.0. The number of ether oxygens (including phenoxy) is 3. The Morgan fingerprint density at radius 2 is 2.14 bits per heavy atom. The van der Waals surface area contributed by atoms with Crippen LogP contribution < -0.4 is 14.8 Å². The first-order valence-electron chi connectivity index (χ1n) is 6.66. The van der Waals surface area contributed by atoms with E-state index in [-0.39, 0.29) is 12.7 Å². The number of hydrogen-bond donors (Lipinski definition) is 1. The summed E-state index contributed by atoms with van der Waals surface area (Å²) < 4.78 is 15.4. The minimum atomic E-state index is -0.821. The number of esters is 1. The zero-order chi connectivity index (χ0) is 15.2. The quantitative estimate of drug-likeness (QED) is 0.657. The number of benzene rings is 1. The summed E-state index contributed by atoms with van der Waals surface area (Å²) in [6.07, 6.45) is 2.04. The molecule has 1 aromatic rings. The molecule has 1 N–H and O–H groups in total. The van der Waals surface area contributed by atoms with Crippen molar-refractivity contribution in [3.05, 3.63) is 29.8 Å². The predicted octanol–water partition coefficient (Wildman–Crippen LogP) is 1.50. The van der Waals surface area contributed by atoms with E-state index in [2.05, 4.69) is 5.32 Å². The Bertz CT molecular complexity index is 567. The smallest absolute Gasteiger partial charge is 0.331 e. The average molecular weight is 291 g/mol. The SMILES string of the molecule is CCNC(=O)[C@@H](C)OC(=O)/C=C/c1ccc2c(c1)OCO2. The van der Waals surface area contributed by atoms with Crippen LogP contribution in [-0.4, -0.2) is 31.3 Å². The predicted molar refractivity (Wildman–Crippen MR) is 75.8 cm³/mol. The van der Waals surface area contributed by atoms with E-state index in [0.717, 1.165) is 5.56 Å². The van der Waals surface area contributed by atoms with Gasteiger partial charge in [0.2, 0.25) is 6.79 Å². The lowest BCUT2D eigenvalue weighted by atomic mass is 10.2. The number of carbonyl (C=O) groups excluding carboxylic acids is 2. The van der Waals surface area contributed by atoms with Gasteiger partial charge in [-0.3, -0.25) is 4.79 Å². The molecule has 0 aromatic heterocycles. The molecular weight excluding hydrogens is 274 g/mol. The summed E-state index contributed by atoms with van der Waals surface area (Å²) in [4.78, 5) is 23.1. The molecule has 0 spiro atoms. The van der Waals surface area contributed by atoms with E-state index in [1.165, 1.54) is 13.0 Å². The highest BCUT2D eigenvalue weighted by atomic mass is 16.7. The fourth-order valence-corrected chi connectivity index (χ4v) is 1.77. The second-order valence-corrected chi connectivity index (χ2v) is 4.42. The van der Waals surface area contributed by atoms with Gasteiger partial charge in [0.15, 0.2) is 17.6 Å². The molecule has 1 aromatic carbocycles. The summed E-state index contributed by atoms with van der Waals surface area (Å²) in [7, 11) is 0. The van der Waals surface area contributed by atoms with Crippen molar-refractivity contribution in [2.75, 3.05) is 13.3 Å². The topological polar surface area (TPSA) is 73.9 Å². The molecule has 21 heavy (non-hydrogen) atoms. The van der Waals surface area contributed by atoms with Gasteiger partial charge in [-0.15, -0.1) is 0 Å². The van der Waals surface area contributed by atoms with Gasteiger partial charge in [-0.25, -0.2) is 4.79 Å². The van der Waals surface area contributed by atoms with Crippen molar-refractivity contribution in [2.24, 2.45) is 0 Å². The standard InChI is InChI=1S/C15H17NO5/c1-3-16-15(18)10(2)21-14(17)7-5-11-4-6-12-13(8-11)20-9-19-12/h4-8,10H,3,9H2,1-2H3,(H,16,18)/b7-5+/t10-/m1/s1. The largest absolute Gasteiger partial charge is 0.454 e. The molecule has 0 unspecified atom stereocenters. The second kappa shape index (κ2) is 6.78. The van der Waals surface area contributed by atoms with Crippen LogP contribution in [0.2, 0.25) is 0 Å². The first kappa shape index (κ1) is 14.9. The zero-order valence-corrected chi connectivity index (χ0v) is 11.9. The summed E-state index contributed by atoms with van der Waals surface area (Å²) in [5.41, 5.74) is 0.780. The average Bonchev–Trinajstić information content (AvgIpc) is 2.92. The van der Waals surface area contributed by atoms with Gasteiger partial charge < -0.3 is 19.5 Å². The minimum absolute atomic E-state index is 0.203. The van der Waals surface area contributed by atoms with E-state index in [1.54, 1.807) is 31.2 Å². The molecule has 6 heteroatoms. The van der Waals surface area contributed by atoms with E-state index in [4.69, 9.17) is 14.2 Å². The minimum Gasteiger partial charge on any atom is -0.454 e. The third-order valence-electron chi connectivity index (χ3n) is 2.82. The van der Waals surface area contributed by atoms with Crippen LogP contribution in [0.5, 0.6) is 11.5 Å². The Labute approximate surface area is 122 Å². The molecule has 1 atom stereocenters. The van der Waals surface area contributed by atoms with E-state index in [0.29, 0.717) is 18.0 Å². The van der Waals surface area contributed by atoms with Crippen molar-refractivity contribution in [3.63, 3.8) is 0 Å². The number of rotatable bonds is 5. The van der Waals surface area contributed by atoms with Gasteiger partial charge in [0, 0.05) is 12.6 Å². The Morgan fingerprint density at radius 1 is 1.38 bits per heavy atom. The number of fused-ring (bicyclic) bond motifs is 1. The number of nitrogens with one attached hydrogen (secondary N) is 1. The highest BCUT2D eigenvalue weighted by molar-refractivity contribution is 5.90. The number of amides is 1. The van der Waals surface area contributed by atoms with Crippen LogP contribution in [0.25, 0.3) is 6.08 Å². The van der Waals surface area contributed by atoms with Crippen molar-refractivity contribution >= 4 is 18.0 Å². The molecule has 2 rings (SSSR count). The number of likely N-dealkylation sites (N-methyl/N-ethyl adjacent to an activating group) is 1. The lowest BCUT2D eigenvalue weighted by molar-refractivity contribution is -0.150. The zero-order valence-electron chi connectivity index (χ0n) is 11.9. The van der Waals surface area contributed by atoms with Gasteiger partial charge in [0.1, 0.15) is 0 Å². The second-order valence-electron chi connectivity index (χ2n) is 4.42. The summed E-state index contributed by atoms with van der Waals surface area (Å²) in [6.45, 7) is 4.02. The van der Waals surface area contributed by atoms with Crippen molar-refractivity contribution in [3.8, 4) is 11.5 Å². The summed E-state index contributed by atoms with van der Waals surface area (Å²) in [5.74, 6) is 0.426. The third-order valence-corrected chi connectivity index (χ3v) is 2.82. The fourth-order valence-electron chi connectivity index (χ4n) is 1.77. The van der Waals surface area contributed by atoms with E-state index >= 15 is 0 Å². The molecule has 0 fully saturated rings. The van der Waals surface area contributed by atoms with E-state index < -0.39 is 12.1 Å². The van der Waals surface area contributed by atoms with Gasteiger partial charge in [-0.05, 0) is 37.6 Å². The summed E-state index contributed by atoms with van der Waals surface area (Å²) in [6, 6.07) is 5.33. The van der Waals surface area contributed by atoms with Crippen molar-refractivity contribution in [1.82, 2.24) is 5.32 Å². The maximum atomic E-state index is 11.6. The molecule has 1 heterocycles. The molecule has 6 nitrogen and oxygen atoms in total. The molecular formula is C15H17NO5. The highest BCUT2D eigenvalue weighted by Crippen LogP contribution is 2.32.